The van der Waals surface area contributed by atoms with E-state index in [2.05, 4.69) is 9.97 Å². The maximum atomic E-state index is 5.49. The normalized spacial score (nSPS) is 10.6. The lowest BCUT2D eigenvalue weighted by atomic mass is 10.2. The third-order valence-electron chi connectivity index (χ3n) is 2.79. The highest BCUT2D eigenvalue weighted by Gasteiger charge is 2.07. The van der Waals surface area contributed by atoms with Crippen LogP contribution in [0.2, 0.25) is 0 Å². The van der Waals surface area contributed by atoms with Crippen LogP contribution in [0, 0.1) is 0 Å². The Labute approximate surface area is 110 Å². The van der Waals surface area contributed by atoms with Gasteiger partial charge in [-0.3, -0.25) is 0 Å². The minimum Gasteiger partial charge on any atom is -0.497 e. The van der Waals surface area contributed by atoms with Gasteiger partial charge in [-0.05, 0) is 24.3 Å². The van der Waals surface area contributed by atoms with E-state index in [-0.39, 0.29) is 0 Å². The summed E-state index contributed by atoms with van der Waals surface area (Å²) in [6, 6.07) is 7.61. The van der Waals surface area contributed by atoms with Crippen molar-refractivity contribution in [2.45, 2.75) is 6.54 Å². The Morgan fingerprint density at radius 3 is 2.79 bits per heavy atom. The summed E-state index contributed by atoms with van der Waals surface area (Å²) in [6.07, 6.45) is 7.05. The smallest absolute Gasteiger partial charge is 0.226 e. The number of methoxy groups -OCH3 is 1. The molecule has 5 heteroatoms. The van der Waals surface area contributed by atoms with E-state index in [4.69, 9.17) is 9.15 Å². The Morgan fingerprint density at radius 1 is 1.26 bits per heavy atom. The Morgan fingerprint density at radius 2 is 2.11 bits per heavy atom. The Hall–Kier alpha value is -2.56. The molecule has 0 amide bonds. The first kappa shape index (κ1) is 11.5. The standard InChI is InChI=1S/C14H13N3O2/c1-18-13-4-2-11(3-5-13)14-16-12(9-19-14)8-17-7-6-15-10-17/h2-7,9-10H,8H2,1H3. The van der Waals surface area contributed by atoms with Gasteiger partial charge in [-0.1, -0.05) is 0 Å². The van der Waals surface area contributed by atoms with Crippen molar-refractivity contribution in [1.82, 2.24) is 14.5 Å². The molecule has 0 saturated heterocycles. The summed E-state index contributed by atoms with van der Waals surface area (Å²) in [6.45, 7) is 0.652. The summed E-state index contributed by atoms with van der Waals surface area (Å²) in [5.41, 5.74) is 1.79. The second-order valence-corrected chi connectivity index (χ2v) is 4.11. The van der Waals surface area contributed by atoms with Gasteiger partial charge in [0.2, 0.25) is 5.89 Å². The number of oxazole rings is 1. The maximum Gasteiger partial charge on any atom is 0.226 e. The first-order valence-corrected chi connectivity index (χ1v) is 5.90. The topological polar surface area (TPSA) is 53.1 Å². The van der Waals surface area contributed by atoms with E-state index >= 15 is 0 Å². The molecule has 96 valence electrons. The van der Waals surface area contributed by atoms with Crippen LogP contribution in [0.25, 0.3) is 11.5 Å². The van der Waals surface area contributed by atoms with E-state index in [1.807, 2.05) is 35.0 Å². The molecule has 19 heavy (non-hydrogen) atoms. The molecule has 3 rings (SSSR count). The largest absolute Gasteiger partial charge is 0.497 e. The molecule has 2 heterocycles. The highest BCUT2D eigenvalue weighted by molar-refractivity contribution is 5.54. The fraction of sp³-hybridized carbons (Fsp3) is 0.143. The van der Waals surface area contributed by atoms with Gasteiger partial charge in [0.15, 0.2) is 0 Å². The third kappa shape index (κ3) is 2.49. The predicted octanol–water partition coefficient (Wildman–Crippen LogP) is 2.60. The average Bonchev–Trinajstić information content (AvgIpc) is 3.11. The van der Waals surface area contributed by atoms with Crippen LogP contribution in [-0.4, -0.2) is 21.6 Å². The molecule has 0 aliphatic heterocycles. The van der Waals surface area contributed by atoms with Crippen LogP contribution in [-0.2, 0) is 6.54 Å². The maximum absolute atomic E-state index is 5.49. The van der Waals surface area contributed by atoms with Crippen molar-refractivity contribution < 1.29 is 9.15 Å². The molecule has 0 spiro atoms. The second-order valence-electron chi connectivity index (χ2n) is 4.11. The fourth-order valence-electron chi connectivity index (χ4n) is 1.81. The minimum absolute atomic E-state index is 0.609. The van der Waals surface area contributed by atoms with Gasteiger partial charge in [-0.25, -0.2) is 9.97 Å². The quantitative estimate of drug-likeness (QED) is 0.719. The SMILES string of the molecule is COc1ccc(-c2nc(Cn3ccnc3)co2)cc1. The van der Waals surface area contributed by atoms with E-state index in [0.717, 1.165) is 17.0 Å². The zero-order valence-electron chi connectivity index (χ0n) is 10.5. The van der Waals surface area contributed by atoms with E-state index < -0.39 is 0 Å². The van der Waals surface area contributed by atoms with Crippen molar-refractivity contribution in [3.8, 4) is 17.2 Å². The van der Waals surface area contributed by atoms with Crippen molar-refractivity contribution >= 4 is 0 Å². The molecule has 5 nitrogen and oxygen atoms in total. The zero-order valence-corrected chi connectivity index (χ0v) is 10.5. The molecule has 1 aromatic carbocycles. The summed E-state index contributed by atoms with van der Waals surface area (Å²) in [7, 11) is 1.64. The fourth-order valence-corrected chi connectivity index (χ4v) is 1.81. The highest BCUT2D eigenvalue weighted by atomic mass is 16.5. The number of benzene rings is 1. The number of nitrogens with zero attached hydrogens (tertiary/aromatic N) is 3. The summed E-state index contributed by atoms with van der Waals surface area (Å²) in [4.78, 5) is 8.45. The van der Waals surface area contributed by atoms with E-state index in [1.165, 1.54) is 0 Å². The van der Waals surface area contributed by atoms with Crippen molar-refractivity contribution in [3.63, 3.8) is 0 Å². The van der Waals surface area contributed by atoms with Crippen molar-refractivity contribution in [3.05, 3.63) is 54.9 Å². The van der Waals surface area contributed by atoms with Gasteiger partial charge < -0.3 is 13.7 Å². The van der Waals surface area contributed by atoms with Crippen LogP contribution in [0.5, 0.6) is 5.75 Å². The molecule has 0 fully saturated rings. The molecule has 0 aliphatic rings. The zero-order chi connectivity index (χ0) is 13.1. The summed E-state index contributed by atoms with van der Waals surface area (Å²) < 4.78 is 12.5. The first-order valence-electron chi connectivity index (χ1n) is 5.90. The van der Waals surface area contributed by atoms with Gasteiger partial charge in [-0.15, -0.1) is 0 Å². The molecule has 3 aromatic rings. The molecule has 0 radical (unpaired) electrons. The van der Waals surface area contributed by atoms with Crippen molar-refractivity contribution in [2.75, 3.05) is 7.11 Å². The van der Waals surface area contributed by atoms with E-state index in [1.54, 1.807) is 25.9 Å². The minimum atomic E-state index is 0.609. The van der Waals surface area contributed by atoms with Crippen LogP contribution in [0.1, 0.15) is 5.69 Å². The van der Waals surface area contributed by atoms with Crippen molar-refractivity contribution in [2.24, 2.45) is 0 Å². The van der Waals surface area contributed by atoms with Gasteiger partial charge in [-0.2, -0.15) is 0 Å². The number of aromatic nitrogens is 3. The molecule has 0 saturated carbocycles. The summed E-state index contributed by atoms with van der Waals surface area (Å²) in [5.74, 6) is 1.42. The number of imidazole rings is 1. The predicted molar refractivity (Wildman–Crippen MR) is 69.8 cm³/mol. The monoisotopic (exact) mass is 255 g/mol. The second kappa shape index (κ2) is 4.97. The molecule has 0 atom stereocenters. The average molecular weight is 255 g/mol. The number of rotatable bonds is 4. The number of hydrogen-bond acceptors (Lipinski definition) is 4. The van der Waals surface area contributed by atoms with Crippen LogP contribution in [0.15, 0.2) is 53.7 Å². The molecule has 0 aliphatic carbocycles. The highest BCUT2D eigenvalue weighted by Crippen LogP contribution is 2.21. The Balaban J connectivity index is 1.80. The van der Waals surface area contributed by atoms with Gasteiger partial charge >= 0.3 is 0 Å². The molecule has 0 N–H and O–H groups in total. The third-order valence-corrected chi connectivity index (χ3v) is 2.79. The Bertz CT molecular complexity index is 642. The Kier molecular flexibility index (Phi) is 3.02. The van der Waals surface area contributed by atoms with E-state index in [9.17, 15) is 0 Å². The van der Waals surface area contributed by atoms with Gasteiger partial charge in [0.05, 0.1) is 25.7 Å². The summed E-state index contributed by atoms with van der Waals surface area (Å²) in [5, 5.41) is 0. The molecule has 0 unspecified atom stereocenters. The van der Waals surface area contributed by atoms with Gasteiger partial charge in [0, 0.05) is 18.0 Å². The van der Waals surface area contributed by atoms with Gasteiger partial charge in [0.25, 0.3) is 0 Å². The summed E-state index contributed by atoms with van der Waals surface area (Å²) >= 11 is 0. The van der Waals surface area contributed by atoms with Crippen LogP contribution < -0.4 is 4.74 Å². The van der Waals surface area contributed by atoms with Gasteiger partial charge in [0.1, 0.15) is 12.0 Å². The molecule has 0 bridgehead atoms. The van der Waals surface area contributed by atoms with Crippen LogP contribution in [0.3, 0.4) is 0 Å². The lowest BCUT2D eigenvalue weighted by molar-refractivity contribution is 0.415. The number of hydrogen-bond donors (Lipinski definition) is 0. The molecule has 2 aromatic heterocycles. The lowest BCUT2D eigenvalue weighted by Gasteiger charge is -1.99. The van der Waals surface area contributed by atoms with E-state index in [0.29, 0.717) is 12.4 Å². The lowest BCUT2D eigenvalue weighted by Crippen LogP contribution is -1.96. The van der Waals surface area contributed by atoms with Crippen molar-refractivity contribution in [1.29, 1.82) is 0 Å². The van der Waals surface area contributed by atoms with Crippen LogP contribution in [0.4, 0.5) is 0 Å². The van der Waals surface area contributed by atoms with Crippen LogP contribution >= 0.6 is 0 Å². The molecular formula is C14H13N3O2. The first-order chi connectivity index (χ1) is 9.35. The molecular weight excluding hydrogens is 242 g/mol. The number of ether oxygens (including phenoxy) is 1.